The third kappa shape index (κ3) is 4.02. The van der Waals surface area contributed by atoms with E-state index in [9.17, 15) is 8.78 Å². The summed E-state index contributed by atoms with van der Waals surface area (Å²) in [5.74, 6) is -1.10. The summed E-state index contributed by atoms with van der Waals surface area (Å²) in [6.45, 7) is 6.92. The summed E-state index contributed by atoms with van der Waals surface area (Å²) in [4.78, 5) is 0. The van der Waals surface area contributed by atoms with Crippen LogP contribution >= 0.6 is 15.9 Å². The summed E-state index contributed by atoms with van der Waals surface area (Å²) in [5, 5.41) is 3.33. The van der Waals surface area contributed by atoms with Crippen LogP contribution in [0.15, 0.2) is 16.6 Å². The molecule has 0 aliphatic carbocycles. The van der Waals surface area contributed by atoms with Crippen LogP contribution in [0, 0.1) is 11.6 Å². The molecule has 1 nitrogen and oxygen atoms in total. The second-order valence-corrected chi connectivity index (χ2v) is 5.60. The molecule has 1 aromatic rings. The van der Waals surface area contributed by atoms with Crippen molar-refractivity contribution in [1.29, 1.82) is 0 Å². The van der Waals surface area contributed by atoms with E-state index >= 15 is 0 Å². The van der Waals surface area contributed by atoms with Gasteiger partial charge in [0.25, 0.3) is 0 Å². The molecule has 1 aromatic carbocycles. The van der Waals surface area contributed by atoms with Gasteiger partial charge in [-0.25, -0.2) is 8.78 Å². The quantitative estimate of drug-likeness (QED) is 0.755. The normalized spacial score (nSPS) is 14.6. The molecule has 0 amide bonds. The maximum atomic E-state index is 13.9. The fourth-order valence-corrected chi connectivity index (χ4v) is 2.46. The van der Waals surface area contributed by atoms with Gasteiger partial charge >= 0.3 is 0 Å². The van der Waals surface area contributed by atoms with Crippen molar-refractivity contribution in [3.05, 3.63) is 33.8 Å². The molecule has 18 heavy (non-hydrogen) atoms. The van der Waals surface area contributed by atoms with Crippen LogP contribution in [0.4, 0.5) is 8.78 Å². The first-order valence-corrected chi connectivity index (χ1v) is 7.13. The molecule has 0 saturated heterocycles. The number of nitrogens with one attached hydrogen (secondary N) is 1. The lowest BCUT2D eigenvalue weighted by Gasteiger charge is -2.20. The second kappa shape index (κ2) is 7.19. The minimum absolute atomic E-state index is 0.151. The maximum absolute atomic E-state index is 13.9. The summed E-state index contributed by atoms with van der Waals surface area (Å²) in [6, 6.07) is 2.96. The summed E-state index contributed by atoms with van der Waals surface area (Å²) >= 11 is 3.10. The molecule has 0 heterocycles. The van der Waals surface area contributed by atoms with E-state index < -0.39 is 11.6 Å². The molecule has 1 N–H and O–H groups in total. The topological polar surface area (TPSA) is 12.0 Å². The number of hydrogen-bond acceptors (Lipinski definition) is 1. The van der Waals surface area contributed by atoms with Crippen LogP contribution in [-0.2, 0) is 0 Å². The molecule has 0 saturated carbocycles. The molecular weight excluding hydrogens is 300 g/mol. The van der Waals surface area contributed by atoms with E-state index in [1.807, 2.05) is 13.8 Å². The Hall–Kier alpha value is -0.480. The van der Waals surface area contributed by atoms with Crippen molar-refractivity contribution in [2.24, 2.45) is 0 Å². The van der Waals surface area contributed by atoms with E-state index in [2.05, 4.69) is 28.2 Å². The van der Waals surface area contributed by atoms with Crippen molar-refractivity contribution in [2.75, 3.05) is 6.54 Å². The van der Waals surface area contributed by atoms with Crippen LogP contribution in [-0.4, -0.2) is 12.6 Å². The van der Waals surface area contributed by atoms with Crippen LogP contribution in [0.1, 0.15) is 45.1 Å². The zero-order valence-electron chi connectivity index (χ0n) is 11.1. The van der Waals surface area contributed by atoms with Gasteiger partial charge in [-0.1, -0.05) is 13.8 Å². The van der Waals surface area contributed by atoms with Crippen molar-refractivity contribution in [1.82, 2.24) is 5.32 Å². The van der Waals surface area contributed by atoms with Gasteiger partial charge in [-0.15, -0.1) is 0 Å². The van der Waals surface area contributed by atoms with Crippen LogP contribution in [0.5, 0.6) is 0 Å². The first-order valence-electron chi connectivity index (χ1n) is 6.34. The molecule has 0 bridgehead atoms. The molecule has 2 unspecified atom stereocenters. The molecule has 0 aliphatic rings. The van der Waals surface area contributed by atoms with Gasteiger partial charge in [-0.2, -0.15) is 0 Å². The summed E-state index contributed by atoms with van der Waals surface area (Å²) in [6.07, 6.45) is 1.77. The van der Waals surface area contributed by atoms with Crippen LogP contribution < -0.4 is 5.32 Å². The summed E-state index contributed by atoms with van der Waals surface area (Å²) in [5.41, 5.74) is 0.175. The molecule has 0 aliphatic heterocycles. The Morgan fingerprint density at radius 2 is 1.94 bits per heavy atom. The van der Waals surface area contributed by atoms with Gasteiger partial charge in [0.2, 0.25) is 0 Å². The van der Waals surface area contributed by atoms with E-state index in [1.54, 1.807) is 0 Å². The van der Waals surface area contributed by atoms with E-state index in [4.69, 9.17) is 0 Å². The molecule has 0 spiro atoms. The third-order valence-electron chi connectivity index (χ3n) is 3.02. The van der Waals surface area contributed by atoms with Crippen molar-refractivity contribution in [2.45, 2.75) is 45.6 Å². The Labute approximate surface area is 116 Å². The van der Waals surface area contributed by atoms with Gasteiger partial charge in [0.15, 0.2) is 0 Å². The highest BCUT2D eigenvalue weighted by Gasteiger charge is 2.20. The zero-order chi connectivity index (χ0) is 13.7. The lowest BCUT2D eigenvalue weighted by atomic mass is 9.93. The highest BCUT2D eigenvalue weighted by atomic mass is 79.9. The molecule has 102 valence electrons. The minimum atomic E-state index is -0.481. The smallest absolute Gasteiger partial charge is 0.143 e. The first-order chi connectivity index (χ1) is 8.47. The number of rotatable bonds is 6. The van der Waals surface area contributed by atoms with Crippen molar-refractivity contribution >= 4 is 15.9 Å². The maximum Gasteiger partial charge on any atom is 0.143 e. The predicted molar refractivity (Wildman–Crippen MR) is 74.8 cm³/mol. The van der Waals surface area contributed by atoms with Crippen molar-refractivity contribution < 1.29 is 8.78 Å². The first kappa shape index (κ1) is 15.6. The van der Waals surface area contributed by atoms with E-state index in [0.29, 0.717) is 10.9 Å². The highest BCUT2D eigenvalue weighted by Crippen LogP contribution is 2.30. The number of hydrogen-bond donors (Lipinski definition) is 1. The average molecular weight is 320 g/mol. The highest BCUT2D eigenvalue weighted by molar-refractivity contribution is 9.10. The Balaban J connectivity index is 2.78. The van der Waals surface area contributed by atoms with Crippen LogP contribution in [0.2, 0.25) is 0 Å². The Morgan fingerprint density at radius 3 is 2.56 bits per heavy atom. The van der Waals surface area contributed by atoms with Crippen molar-refractivity contribution in [3.63, 3.8) is 0 Å². The van der Waals surface area contributed by atoms with Gasteiger partial charge in [-0.3, -0.25) is 0 Å². The number of halogens is 3. The van der Waals surface area contributed by atoms with Gasteiger partial charge in [-0.05, 0) is 60.3 Å². The summed E-state index contributed by atoms with van der Waals surface area (Å²) < 4.78 is 27.9. The third-order valence-corrected chi connectivity index (χ3v) is 3.63. The van der Waals surface area contributed by atoms with Gasteiger partial charge in [0.1, 0.15) is 11.6 Å². The summed E-state index contributed by atoms with van der Waals surface area (Å²) in [7, 11) is 0. The van der Waals surface area contributed by atoms with Gasteiger partial charge in [0, 0.05) is 11.6 Å². The fourth-order valence-electron chi connectivity index (χ4n) is 2.12. The lowest BCUT2D eigenvalue weighted by molar-refractivity contribution is 0.452. The predicted octanol–water partition coefficient (Wildman–Crippen LogP) is 4.61. The minimum Gasteiger partial charge on any atom is -0.314 e. The van der Waals surface area contributed by atoms with E-state index in [-0.39, 0.29) is 17.5 Å². The van der Waals surface area contributed by atoms with E-state index in [1.165, 1.54) is 12.1 Å². The zero-order valence-corrected chi connectivity index (χ0v) is 12.7. The number of benzene rings is 1. The molecule has 2 atom stereocenters. The monoisotopic (exact) mass is 319 g/mol. The lowest BCUT2D eigenvalue weighted by Crippen LogP contribution is -2.28. The molecule has 1 rings (SSSR count). The molecule has 4 heteroatoms. The second-order valence-electron chi connectivity index (χ2n) is 4.75. The average Bonchev–Trinajstić information content (AvgIpc) is 2.31. The molecule has 0 radical (unpaired) electrons. The largest absolute Gasteiger partial charge is 0.314 e. The van der Waals surface area contributed by atoms with E-state index in [0.717, 1.165) is 13.0 Å². The van der Waals surface area contributed by atoms with Gasteiger partial charge in [0.05, 0.1) is 4.47 Å². The Kier molecular flexibility index (Phi) is 6.22. The molecule has 0 aromatic heterocycles. The fraction of sp³-hybridized carbons (Fsp3) is 0.571. The SMILES string of the molecule is CCCNC(C)CC(C)c1c(F)ccc(Br)c1F. The Bertz CT molecular complexity index is 396. The van der Waals surface area contributed by atoms with Gasteiger partial charge < -0.3 is 5.32 Å². The standard InChI is InChI=1S/C14H20BrF2N/c1-4-7-18-10(3)8-9(2)13-12(16)6-5-11(15)14(13)17/h5-6,9-10,18H,4,7-8H2,1-3H3. The molecule has 0 fully saturated rings. The Morgan fingerprint density at radius 1 is 1.28 bits per heavy atom. The molecular formula is C14H20BrF2N. The van der Waals surface area contributed by atoms with Crippen LogP contribution in [0.3, 0.4) is 0 Å². The van der Waals surface area contributed by atoms with Crippen LogP contribution in [0.25, 0.3) is 0 Å². The van der Waals surface area contributed by atoms with Crippen molar-refractivity contribution in [3.8, 4) is 0 Å².